The number of aryl methyl sites for hydroxylation is 1. The molecule has 0 saturated carbocycles. The third-order valence-corrected chi connectivity index (χ3v) is 3.36. The summed E-state index contributed by atoms with van der Waals surface area (Å²) in [6.07, 6.45) is 6.61. The van der Waals surface area contributed by atoms with Crippen LogP contribution in [-0.2, 0) is 9.53 Å². The fraction of sp³-hybridized carbons (Fsp3) is 0.263. The van der Waals surface area contributed by atoms with Gasteiger partial charge in [-0.3, -0.25) is 0 Å². The molecule has 0 aliphatic carbocycles. The molecule has 126 valence electrons. The van der Waals surface area contributed by atoms with Crippen LogP contribution in [0.3, 0.4) is 0 Å². The molecule has 0 spiro atoms. The van der Waals surface area contributed by atoms with Crippen LogP contribution in [0.1, 0.15) is 30.9 Å². The average Bonchev–Trinajstić information content (AvgIpc) is 2.56. The highest BCUT2D eigenvalue weighted by Gasteiger charge is 2.03. The minimum atomic E-state index is -0.325. The Morgan fingerprint density at radius 3 is 2.79 bits per heavy atom. The number of benzene rings is 1. The van der Waals surface area contributed by atoms with Crippen LogP contribution in [0, 0.1) is 6.92 Å². The van der Waals surface area contributed by atoms with E-state index in [-0.39, 0.29) is 5.97 Å². The Bertz CT molecular complexity index is 709. The number of ether oxygens (including phenoxy) is 2. The maximum absolute atomic E-state index is 11.6. The third kappa shape index (κ3) is 5.43. The molecule has 0 bridgehead atoms. The van der Waals surface area contributed by atoms with Gasteiger partial charge in [-0.25, -0.2) is 9.78 Å². The lowest BCUT2D eigenvalue weighted by Crippen LogP contribution is -2.01. The first kappa shape index (κ1) is 17.5. The number of hydrogen-bond acceptors (Lipinski definition) is 5. The van der Waals surface area contributed by atoms with Crippen molar-refractivity contribution in [1.82, 2.24) is 4.98 Å². The van der Waals surface area contributed by atoms with Crippen LogP contribution in [0.15, 0.2) is 42.6 Å². The van der Waals surface area contributed by atoms with Crippen molar-refractivity contribution < 1.29 is 14.3 Å². The maximum Gasteiger partial charge on any atom is 0.330 e. The lowest BCUT2D eigenvalue weighted by Gasteiger charge is -2.07. The van der Waals surface area contributed by atoms with Gasteiger partial charge in [0.25, 0.3) is 0 Å². The van der Waals surface area contributed by atoms with E-state index in [2.05, 4.69) is 11.9 Å². The summed E-state index contributed by atoms with van der Waals surface area (Å²) in [4.78, 5) is 15.7. The van der Waals surface area contributed by atoms with Crippen LogP contribution >= 0.6 is 0 Å². The highest BCUT2D eigenvalue weighted by Crippen LogP contribution is 2.23. The van der Waals surface area contributed by atoms with Gasteiger partial charge in [-0.2, -0.15) is 0 Å². The van der Waals surface area contributed by atoms with Crippen LogP contribution in [0.2, 0.25) is 0 Å². The summed E-state index contributed by atoms with van der Waals surface area (Å²) in [5.74, 6) is 0.827. The Morgan fingerprint density at radius 2 is 2.12 bits per heavy atom. The molecule has 2 aromatic rings. The maximum atomic E-state index is 11.6. The summed E-state index contributed by atoms with van der Waals surface area (Å²) in [6, 6.07) is 9.05. The van der Waals surface area contributed by atoms with E-state index in [4.69, 9.17) is 15.2 Å². The van der Waals surface area contributed by atoms with E-state index in [1.165, 1.54) is 6.08 Å². The van der Waals surface area contributed by atoms with Crippen molar-refractivity contribution in [3.05, 3.63) is 53.7 Å². The van der Waals surface area contributed by atoms with Crippen LogP contribution in [0.4, 0.5) is 5.69 Å². The summed E-state index contributed by atoms with van der Waals surface area (Å²) in [5, 5.41) is 0. The van der Waals surface area contributed by atoms with Crippen molar-refractivity contribution in [2.45, 2.75) is 26.7 Å². The average molecular weight is 326 g/mol. The minimum absolute atomic E-state index is 0.325. The molecule has 0 unspecified atom stereocenters. The molecule has 1 aromatic carbocycles. The Labute approximate surface area is 142 Å². The molecule has 24 heavy (non-hydrogen) atoms. The fourth-order valence-electron chi connectivity index (χ4n) is 1.99. The molecule has 0 fully saturated rings. The second kappa shape index (κ2) is 8.72. The standard InChI is InChI=1S/C19H22N2O3/c1-3-4-11-23-19(22)10-6-15-5-8-17(12-14(15)2)24-18-9-7-16(20)13-21-18/h5-10,12-13H,3-4,11,20H2,1-2H3. The largest absolute Gasteiger partial charge is 0.463 e. The summed E-state index contributed by atoms with van der Waals surface area (Å²) in [7, 11) is 0. The molecule has 5 heteroatoms. The van der Waals surface area contributed by atoms with Gasteiger partial charge in [0.15, 0.2) is 0 Å². The number of carbonyl (C=O) groups excluding carboxylic acids is 1. The molecule has 0 saturated heterocycles. The lowest BCUT2D eigenvalue weighted by molar-refractivity contribution is -0.137. The molecule has 0 aliphatic heterocycles. The molecule has 0 atom stereocenters. The molecule has 1 aromatic heterocycles. The van der Waals surface area contributed by atoms with Crippen LogP contribution < -0.4 is 10.5 Å². The van der Waals surface area contributed by atoms with Crippen molar-refractivity contribution >= 4 is 17.7 Å². The SMILES string of the molecule is CCCCOC(=O)C=Cc1ccc(Oc2ccc(N)cn2)cc1C. The summed E-state index contributed by atoms with van der Waals surface area (Å²) < 4.78 is 10.8. The number of anilines is 1. The predicted octanol–water partition coefficient (Wildman–Crippen LogP) is 4.12. The minimum Gasteiger partial charge on any atom is -0.463 e. The number of rotatable bonds is 7. The Balaban J connectivity index is 1.98. The van der Waals surface area contributed by atoms with Gasteiger partial charge < -0.3 is 15.2 Å². The number of nitrogen functional groups attached to an aromatic ring is 1. The van der Waals surface area contributed by atoms with Gasteiger partial charge in [-0.15, -0.1) is 0 Å². The normalized spacial score (nSPS) is 10.8. The number of hydrogen-bond donors (Lipinski definition) is 1. The van der Waals surface area contributed by atoms with Gasteiger partial charge in [0.1, 0.15) is 5.75 Å². The molecular formula is C19H22N2O3. The van der Waals surface area contributed by atoms with Gasteiger partial charge in [0.2, 0.25) is 5.88 Å². The molecule has 5 nitrogen and oxygen atoms in total. The quantitative estimate of drug-likeness (QED) is 0.470. The van der Waals surface area contributed by atoms with Gasteiger partial charge >= 0.3 is 5.97 Å². The number of nitrogens with zero attached hydrogens (tertiary/aromatic N) is 1. The molecule has 1 heterocycles. The zero-order valence-corrected chi connectivity index (χ0v) is 14.0. The van der Waals surface area contributed by atoms with Crippen molar-refractivity contribution in [3.8, 4) is 11.6 Å². The number of aromatic nitrogens is 1. The zero-order valence-electron chi connectivity index (χ0n) is 14.0. The second-order valence-electron chi connectivity index (χ2n) is 5.40. The van der Waals surface area contributed by atoms with Gasteiger partial charge in [0, 0.05) is 12.1 Å². The number of carbonyl (C=O) groups is 1. The molecule has 2 N–H and O–H groups in total. The van der Waals surface area contributed by atoms with E-state index in [0.717, 1.165) is 24.0 Å². The third-order valence-electron chi connectivity index (χ3n) is 3.36. The van der Waals surface area contributed by atoms with E-state index < -0.39 is 0 Å². The smallest absolute Gasteiger partial charge is 0.330 e. The summed E-state index contributed by atoms with van der Waals surface area (Å²) in [6.45, 7) is 4.46. The zero-order chi connectivity index (χ0) is 17.4. The monoisotopic (exact) mass is 326 g/mol. The van der Waals surface area contributed by atoms with E-state index in [1.807, 2.05) is 25.1 Å². The van der Waals surface area contributed by atoms with Crippen LogP contribution in [0.25, 0.3) is 6.08 Å². The highest BCUT2D eigenvalue weighted by molar-refractivity contribution is 5.87. The van der Waals surface area contributed by atoms with Crippen molar-refractivity contribution in [2.24, 2.45) is 0 Å². The van der Waals surface area contributed by atoms with E-state index in [0.29, 0.717) is 23.9 Å². The number of unbranched alkanes of at least 4 members (excludes halogenated alkanes) is 1. The molecule has 0 radical (unpaired) electrons. The topological polar surface area (TPSA) is 74.4 Å². The Hall–Kier alpha value is -2.82. The fourth-order valence-corrected chi connectivity index (χ4v) is 1.99. The van der Waals surface area contributed by atoms with Crippen molar-refractivity contribution in [2.75, 3.05) is 12.3 Å². The first-order valence-corrected chi connectivity index (χ1v) is 7.93. The van der Waals surface area contributed by atoms with Gasteiger partial charge in [0.05, 0.1) is 18.5 Å². The molecular weight excluding hydrogens is 304 g/mol. The van der Waals surface area contributed by atoms with E-state index >= 15 is 0 Å². The van der Waals surface area contributed by atoms with E-state index in [1.54, 1.807) is 24.4 Å². The predicted molar refractivity (Wildman–Crippen MR) is 94.8 cm³/mol. The summed E-state index contributed by atoms with van der Waals surface area (Å²) >= 11 is 0. The van der Waals surface area contributed by atoms with Crippen molar-refractivity contribution in [1.29, 1.82) is 0 Å². The molecule has 2 rings (SSSR count). The highest BCUT2D eigenvalue weighted by atomic mass is 16.5. The van der Waals surface area contributed by atoms with Crippen LogP contribution in [-0.4, -0.2) is 17.6 Å². The second-order valence-corrected chi connectivity index (χ2v) is 5.40. The van der Waals surface area contributed by atoms with E-state index in [9.17, 15) is 4.79 Å². The number of esters is 1. The molecule has 0 amide bonds. The first-order valence-electron chi connectivity index (χ1n) is 7.93. The number of pyridine rings is 1. The van der Waals surface area contributed by atoms with Gasteiger partial charge in [-0.05, 0) is 48.7 Å². The molecule has 0 aliphatic rings. The summed E-state index contributed by atoms with van der Waals surface area (Å²) in [5.41, 5.74) is 8.10. The van der Waals surface area contributed by atoms with Crippen LogP contribution in [0.5, 0.6) is 11.6 Å². The Morgan fingerprint density at radius 1 is 1.29 bits per heavy atom. The Kier molecular flexibility index (Phi) is 6.37. The first-order chi connectivity index (χ1) is 11.6. The van der Waals surface area contributed by atoms with Crippen molar-refractivity contribution in [3.63, 3.8) is 0 Å². The number of nitrogens with two attached hydrogens (primary N) is 1. The van der Waals surface area contributed by atoms with Gasteiger partial charge in [-0.1, -0.05) is 19.4 Å². The lowest BCUT2D eigenvalue weighted by atomic mass is 10.1.